The molecule has 0 aromatic carbocycles. The van der Waals surface area contributed by atoms with Gasteiger partial charge in [-0.25, -0.2) is 4.98 Å². The van der Waals surface area contributed by atoms with Crippen LogP contribution in [0.15, 0.2) is 22.8 Å². The predicted octanol–water partition coefficient (Wildman–Crippen LogP) is 2.28. The molecule has 0 saturated heterocycles. The van der Waals surface area contributed by atoms with Crippen molar-refractivity contribution >= 4 is 33.6 Å². The molecule has 5 heteroatoms. The summed E-state index contributed by atoms with van der Waals surface area (Å²) in [5.74, 6) is 0.904. The highest BCUT2D eigenvalue weighted by atomic mass is 79.9. The summed E-state index contributed by atoms with van der Waals surface area (Å²) < 4.78 is 0.687. The molecule has 0 fully saturated rings. The number of aromatic nitrogens is 1. The maximum atomic E-state index is 11.8. The lowest BCUT2D eigenvalue weighted by Crippen LogP contribution is -2.29. The zero-order valence-electron chi connectivity index (χ0n) is 8.74. The van der Waals surface area contributed by atoms with Crippen LogP contribution in [0.2, 0.25) is 0 Å². The van der Waals surface area contributed by atoms with Crippen molar-refractivity contribution in [1.29, 1.82) is 0 Å². The SMILES string of the molecule is CSCCN(C)C(=O)c1cccc(Br)n1. The van der Waals surface area contributed by atoms with Crippen LogP contribution in [0.1, 0.15) is 10.5 Å². The second kappa shape index (κ2) is 6.12. The highest BCUT2D eigenvalue weighted by Crippen LogP contribution is 2.08. The van der Waals surface area contributed by atoms with Gasteiger partial charge in [-0.15, -0.1) is 0 Å². The van der Waals surface area contributed by atoms with Crippen LogP contribution in [0, 0.1) is 0 Å². The Hall–Kier alpha value is -0.550. The fourth-order valence-electron chi connectivity index (χ4n) is 1.05. The van der Waals surface area contributed by atoms with Crippen molar-refractivity contribution in [3.8, 4) is 0 Å². The number of carbonyl (C=O) groups is 1. The summed E-state index contributed by atoms with van der Waals surface area (Å²) >= 11 is 4.97. The minimum absolute atomic E-state index is 0.0367. The normalized spacial score (nSPS) is 10.1. The van der Waals surface area contributed by atoms with Crippen molar-refractivity contribution in [2.24, 2.45) is 0 Å². The standard InChI is InChI=1S/C10H13BrN2OS/c1-13(6-7-15-2)10(14)8-4-3-5-9(11)12-8/h3-5H,6-7H2,1-2H3. The summed E-state index contributed by atoms with van der Waals surface area (Å²) in [5, 5.41) is 0. The predicted molar refractivity (Wildman–Crippen MR) is 67.3 cm³/mol. The number of hydrogen-bond donors (Lipinski definition) is 0. The summed E-state index contributed by atoms with van der Waals surface area (Å²) in [6, 6.07) is 5.34. The zero-order valence-corrected chi connectivity index (χ0v) is 11.1. The smallest absolute Gasteiger partial charge is 0.272 e. The number of rotatable bonds is 4. The van der Waals surface area contributed by atoms with Crippen LogP contribution in [0.25, 0.3) is 0 Å². The van der Waals surface area contributed by atoms with Crippen molar-refractivity contribution in [1.82, 2.24) is 9.88 Å². The molecule has 1 heterocycles. The molecule has 0 aliphatic rings. The summed E-state index contributed by atoms with van der Waals surface area (Å²) in [6.07, 6.45) is 2.02. The van der Waals surface area contributed by atoms with Gasteiger partial charge in [0.15, 0.2) is 0 Å². The first-order valence-corrected chi connectivity index (χ1v) is 6.71. The van der Waals surface area contributed by atoms with E-state index in [2.05, 4.69) is 20.9 Å². The highest BCUT2D eigenvalue weighted by Gasteiger charge is 2.12. The van der Waals surface area contributed by atoms with Crippen molar-refractivity contribution in [3.63, 3.8) is 0 Å². The van der Waals surface area contributed by atoms with Gasteiger partial charge < -0.3 is 4.90 Å². The average molecular weight is 289 g/mol. The number of halogens is 1. The number of carbonyl (C=O) groups excluding carboxylic acids is 1. The van der Waals surface area contributed by atoms with Crippen LogP contribution in [-0.4, -0.2) is 41.4 Å². The van der Waals surface area contributed by atoms with Gasteiger partial charge in [-0.1, -0.05) is 6.07 Å². The average Bonchev–Trinajstić information content (AvgIpc) is 2.24. The molecule has 0 radical (unpaired) electrons. The van der Waals surface area contributed by atoms with Gasteiger partial charge in [-0.2, -0.15) is 11.8 Å². The molecule has 0 saturated carbocycles. The third kappa shape index (κ3) is 3.83. The van der Waals surface area contributed by atoms with Gasteiger partial charge in [0.2, 0.25) is 0 Å². The first kappa shape index (κ1) is 12.5. The largest absolute Gasteiger partial charge is 0.340 e. The molecule has 1 amide bonds. The molecular weight excluding hydrogens is 276 g/mol. The van der Waals surface area contributed by atoms with Gasteiger partial charge in [0.25, 0.3) is 5.91 Å². The lowest BCUT2D eigenvalue weighted by Gasteiger charge is -2.15. The van der Waals surface area contributed by atoms with Gasteiger partial charge in [-0.05, 0) is 34.3 Å². The fourth-order valence-corrected chi connectivity index (χ4v) is 1.85. The van der Waals surface area contributed by atoms with Crippen LogP contribution in [0.5, 0.6) is 0 Å². The van der Waals surface area contributed by atoms with Crippen molar-refractivity contribution < 1.29 is 4.79 Å². The molecule has 0 bridgehead atoms. The van der Waals surface area contributed by atoms with Crippen LogP contribution < -0.4 is 0 Å². The fraction of sp³-hybridized carbons (Fsp3) is 0.400. The molecule has 0 atom stereocenters. The van der Waals surface area contributed by atoms with E-state index in [0.717, 1.165) is 12.3 Å². The Balaban J connectivity index is 2.67. The van der Waals surface area contributed by atoms with Gasteiger partial charge in [-0.3, -0.25) is 4.79 Å². The maximum absolute atomic E-state index is 11.8. The summed E-state index contributed by atoms with van der Waals surface area (Å²) in [6.45, 7) is 0.744. The van der Waals surface area contributed by atoms with E-state index in [0.29, 0.717) is 10.3 Å². The Morgan fingerprint density at radius 3 is 2.93 bits per heavy atom. The molecule has 82 valence electrons. The molecule has 1 aromatic heterocycles. The van der Waals surface area contributed by atoms with Gasteiger partial charge in [0.1, 0.15) is 10.3 Å². The molecular formula is C10H13BrN2OS. The van der Waals surface area contributed by atoms with E-state index in [1.165, 1.54) is 0 Å². The molecule has 1 aromatic rings. The molecule has 0 aliphatic carbocycles. The van der Waals surface area contributed by atoms with E-state index >= 15 is 0 Å². The van der Waals surface area contributed by atoms with Crippen LogP contribution in [0.3, 0.4) is 0 Å². The van der Waals surface area contributed by atoms with Crippen LogP contribution >= 0.6 is 27.7 Å². The van der Waals surface area contributed by atoms with E-state index in [9.17, 15) is 4.79 Å². The lowest BCUT2D eigenvalue weighted by atomic mass is 10.3. The Morgan fingerprint density at radius 1 is 1.60 bits per heavy atom. The first-order valence-electron chi connectivity index (χ1n) is 4.52. The number of pyridine rings is 1. The highest BCUT2D eigenvalue weighted by molar-refractivity contribution is 9.10. The van der Waals surface area contributed by atoms with Crippen molar-refractivity contribution in [2.75, 3.05) is 25.6 Å². The first-order chi connectivity index (χ1) is 7.15. The molecule has 15 heavy (non-hydrogen) atoms. The Labute approximate surface area is 102 Å². The molecule has 0 aliphatic heterocycles. The zero-order chi connectivity index (χ0) is 11.3. The number of amides is 1. The summed E-state index contributed by atoms with van der Waals surface area (Å²) in [4.78, 5) is 17.6. The molecule has 0 spiro atoms. The van der Waals surface area contributed by atoms with E-state index < -0.39 is 0 Å². The van der Waals surface area contributed by atoms with Crippen molar-refractivity contribution in [3.05, 3.63) is 28.5 Å². The second-order valence-corrected chi connectivity index (χ2v) is 4.86. The Morgan fingerprint density at radius 2 is 2.33 bits per heavy atom. The van der Waals surface area contributed by atoms with E-state index in [1.807, 2.05) is 12.3 Å². The number of thioether (sulfide) groups is 1. The number of nitrogens with zero attached hydrogens (tertiary/aromatic N) is 2. The molecule has 0 N–H and O–H groups in total. The lowest BCUT2D eigenvalue weighted by molar-refractivity contribution is 0.0798. The summed E-state index contributed by atoms with van der Waals surface area (Å²) in [5.41, 5.74) is 0.480. The second-order valence-electron chi connectivity index (χ2n) is 3.07. The van der Waals surface area contributed by atoms with Gasteiger partial charge in [0, 0.05) is 19.3 Å². The molecule has 0 unspecified atom stereocenters. The quantitative estimate of drug-likeness (QED) is 0.797. The van der Waals surface area contributed by atoms with Gasteiger partial charge in [0.05, 0.1) is 0 Å². The van der Waals surface area contributed by atoms with Gasteiger partial charge >= 0.3 is 0 Å². The monoisotopic (exact) mass is 288 g/mol. The van der Waals surface area contributed by atoms with E-state index in [-0.39, 0.29) is 5.91 Å². The topological polar surface area (TPSA) is 33.2 Å². The summed E-state index contributed by atoms with van der Waals surface area (Å²) in [7, 11) is 1.79. The number of hydrogen-bond acceptors (Lipinski definition) is 3. The van der Waals surface area contributed by atoms with E-state index in [1.54, 1.807) is 35.8 Å². The third-order valence-electron chi connectivity index (χ3n) is 1.91. The van der Waals surface area contributed by atoms with Crippen LogP contribution in [0.4, 0.5) is 0 Å². The third-order valence-corrected chi connectivity index (χ3v) is 2.94. The van der Waals surface area contributed by atoms with Crippen molar-refractivity contribution in [2.45, 2.75) is 0 Å². The van der Waals surface area contributed by atoms with E-state index in [4.69, 9.17) is 0 Å². The minimum Gasteiger partial charge on any atom is -0.340 e. The Bertz CT molecular complexity index is 346. The Kier molecular flexibility index (Phi) is 5.11. The molecule has 1 rings (SSSR count). The minimum atomic E-state index is -0.0367. The molecule has 3 nitrogen and oxygen atoms in total. The maximum Gasteiger partial charge on any atom is 0.272 e. The van der Waals surface area contributed by atoms with Crippen LogP contribution in [-0.2, 0) is 0 Å².